The molecule has 0 saturated heterocycles. The fourth-order valence-corrected chi connectivity index (χ4v) is 3.41. The van der Waals surface area contributed by atoms with Gasteiger partial charge in [0.25, 0.3) is 11.8 Å². The van der Waals surface area contributed by atoms with E-state index in [-0.39, 0.29) is 35.9 Å². The van der Waals surface area contributed by atoms with Gasteiger partial charge in [0, 0.05) is 38.8 Å². The molecule has 1 aromatic heterocycles. The molecule has 1 atom stereocenters. The van der Waals surface area contributed by atoms with Crippen LogP contribution >= 0.6 is 0 Å². The van der Waals surface area contributed by atoms with Gasteiger partial charge in [-0.25, -0.2) is 4.39 Å². The van der Waals surface area contributed by atoms with Gasteiger partial charge in [0.2, 0.25) is 5.91 Å². The minimum atomic E-state index is -0.419. The summed E-state index contributed by atoms with van der Waals surface area (Å²) in [6.07, 6.45) is 1.48. The van der Waals surface area contributed by atoms with Crippen molar-refractivity contribution in [3.8, 4) is 0 Å². The van der Waals surface area contributed by atoms with Crippen molar-refractivity contribution in [3.05, 3.63) is 53.1 Å². The smallest absolute Gasteiger partial charge is 0.274 e. The molecule has 1 aromatic carbocycles. The molecule has 9 heteroatoms. The fourth-order valence-electron chi connectivity index (χ4n) is 3.41. The SMILES string of the molecule is CC[C@H](C)NC(=O)CN(C)C(=O)c1cc2n(n1)CCCN(Cc1ccc(F)cc1)C2=O. The van der Waals surface area contributed by atoms with Gasteiger partial charge in [-0.1, -0.05) is 19.1 Å². The van der Waals surface area contributed by atoms with Crippen molar-refractivity contribution >= 4 is 17.7 Å². The number of likely N-dealkylation sites (N-methyl/N-ethyl adjacent to an activating group) is 1. The Labute approximate surface area is 181 Å². The molecule has 2 heterocycles. The highest BCUT2D eigenvalue weighted by atomic mass is 19.1. The standard InChI is InChI=1S/C22H28FN5O3/c1-4-15(2)24-20(29)14-26(3)21(30)18-12-19-22(31)27(10-5-11-28(19)25-18)13-16-6-8-17(23)9-7-16/h6-9,12,15H,4-5,10-11,13-14H2,1-3H3,(H,24,29)/t15-/m0/s1. The average Bonchev–Trinajstić information content (AvgIpc) is 3.11. The van der Waals surface area contributed by atoms with Crippen molar-refractivity contribution < 1.29 is 18.8 Å². The Morgan fingerprint density at radius 2 is 1.97 bits per heavy atom. The van der Waals surface area contributed by atoms with Gasteiger partial charge >= 0.3 is 0 Å². The highest BCUT2D eigenvalue weighted by Crippen LogP contribution is 2.17. The number of nitrogens with zero attached hydrogens (tertiary/aromatic N) is 4. The molecule has 8 nitrogen and oxygen atoms in total. The predicted octanol–water partition coefficient (Wildman–Crippen LogP) is 2.05. The first kappa shape index (κ1) is 22.5. The fraction of sp³-hybridized carbons (Fsp3) is 0.455. The number of fused-ring (bicyclic) bond motifs is 1. The number of carbonyl (C=O) groups excluding carboxylic acids is 3. The number of hydrogen-bond donors (Lipinski definition) is 1. The van der Waals surface area contributed by atoms with Gasteiger partial charge in [-0.3, -0.25) is 19.1 Å². The zero-order valence-electron chi connectivity index (χ0n) is 18.1. The Morgan fingerprint density at radius 3 is 2.65 bits per heavy atom. The maximum Gasteiger partial charge on any atom is 0.274 e. The molecule has 0 unspecified atom stereocenters. The quantitative estimate of drug-likeness (QED) is 0.730. The van der Waals surface area contributed by atoms with Gasteiger partial charge in [-0.05, 0) is 37.5 Å². The molecule has 0 fully saturated rings. The molecule has 0 spiro atoms. The van der Waals surface area contributed by atoms with Crippen molar-refractivity contribution in [1.82, 2.24) is 24.9 Å². The lowest BCUT2D eigenvalue weighted by Gasteiger charge is -2.20. The molecule has 1 N–H and O–H groups in total. The third-order valence-electron chi connectivity index (χ3n) is 5.34. The molecule has 166 valence electrons. The monoisotopic (exact) mass is 429 g/mol. The number of aromatic nitrogens is 2. The second-order valence-corrected chi connectivity index (χ2v) is 7.88. The van der Waals surface area contributed by atoms with Crippen LogP contribution in [0, 0.1) is 5.82 Å². The van der Waals surface area contributed by atoms with E-state index in [4.69, 9.17) is 0 Å². The van der Waals surface area contributed by atoms with Crippen LogP contribution in [-0.4, -0.2) is 63.5 Å². The van der Waals surface area contributed by atoms with Gasteiger partial charge in [0.1, 0.15) is 11.5 Å². The lowest BCUT2D eigenvalue weighted by Crippen LogP contribution is -2.41. The van der Waals surface area contributed by atoms with E-state index in [1.54, 1.807) is 21.7 Å². The van der Waals surface area contributed by atoms with Crippen LogP contribution in [0.25, 0.3) is 0 Å². The summed E-state index contributed by atoms with van der Waals surface area (Å²) in [6.45, 7) is 5.17. The molecule has 3 amide bonds. The van der Waals surface area contributed by atoms with Crippen LogP contribution in [0.5, 0.6) is 0 Å². The highest BCUT2D eigenvalue weighted by molar-refractivity contribution is 5.99. The summed E-state index contributed by atoms with van der Waals surface area (Å²) in [5.74, 6) is -1.22. The molecular formula is C22H28FN5O3. The maximum atomic E-state index is 13.2. The number of halogens is 1. The number of rotatable bonds is 7. The Bertz CT molecular complexity index is 957. The predicted molar refractivity (Wildman–Crippen MR) is 113 cm³/mol. The summed E-state index contributed by atoms with van der Waals surface area (Å²) in [5.41, 5.74) is 1.29. The molecule has 31 heavy (non-hydrogen) atoms. The third-order valence-corrected chi connectivity index (χ3v) is 5.34. The number of aryl methyl sites for hydroxylation is 1. The first-order valence-corrected chi connectivity index (χ1v) is 10.4. The average molecular weight is 429 g/mol. The van der Waals surface area contributed by atoms with E-state index in [2.05, 4.69) is 10.4 Å². The van der Waals surface area contributed by atoms with Crippen LogP contribution in [0.2, 0.25) is 0 Å². The van der Waals surface area contributed by atoms with E-state index in [1.807, 2.05) is 13.8 Å². The summed E-state index contributed by atoms with van der Waals surface area (Å²) >= 11 is 0. The van der Waals surface area contributed by atoms with E-state index in [0.717, 1.165) is 12.0 Å². The van der Waals surface area contributed by atoms with Crippen molar-refractivity contribution in [2.45, 2.75) is 45.8 Å². The number of hydrogen-bond acceptors (Lipinski definition) is 4. The first-order valence-electron chi connectivity index (χ1n) is 10.4. The highest BCUT2D eigenvalue weighted by Gasteiger charge is 2.27. The number of amides is 3. The normalized spacial score (nSPS) is 14.6. The maximum absolute atomic E-state index is 13.2. The molecule has 1 aliphatic rings. The number of benzene rings is 1. The minimum absolute atomic E-state index is 0.0318. The molecule has 0 radical (unpaired) electrons. The van der Waals surface area contributed by atoms with E-state index in [0.29, 0.717) is 31.7 Å². The van der Waals surface area contributed by atoms with E-state index in [1.165, 1.54) is 30.1 Å². The summed E-state index contributed by atoms with van der Waals surface area (Å²) in [5, 5.41) is 7.14. The van der Waals surface area contributed by atoms with E-state index >= 15 is 0 Å². The van der Waals surface area contributed by atoms with Crippen LogP contribution in [0.15, 0.2) is 30.3 Å². The van der Waals surface area contributed by atoms with Crippen LogP contribution in [-0.2, 0) is 17.9 Å². The molecule has 2 aromatic rings. The summed E-state index contributed by atoms with van der Waals surface area (Å²) in [6, 6.07) is 7.55. The molecule has 1 aliphatic heterocycles. The molecule has 3 rings (SSSR count). The lowest BCUT2D eigenvalue weighted by atomic mass is 10.2. The van der Waals surface area contributed by atoms with Gasteiger partial charge in [-0.15, -0.1) is 0 Å². The molecular weight excluding hydrogens is 401 g/mol. The van der Waals surface area contributed by atoms with Crippen LogP contribution in [0.4, 0.5) is 4.39 Å². The van der Waals surface area contributed by atoms with Crippen molar-refractivity contribution in [2.24, 2.45) is 0 Å². The Hall–Kier alpha value is -3.23. The topological polar surface area (TPSA) is 87.5 Å². The van der Waals surface area contributed by atoms with E-state index < -0.39 is 5.91 Å². The van der Waals surface area contributed by atoms with Crippen molar-refractivity contribution in [1.29, 1.82) is 0 Å². The van der Waals surface area contributed by atoms with Crippen molar-refractivity contribution in [2.75, 3.05) is 20.1 Å². The molecule has 0 aliphatic carbocycles. The van der Waals surface area contributed by atoms with Crippen LogP contribution in [0.3, 0.4) is 0 Å². The second-order valence-electron chi connectivity index (χ2n) is 7.88. The van der Waals surface area contributed by atoms with Gasteiger partial charge in [-0.2, -0.15) is 5.10 Å². The summed E-state index contributed by atoms with van der Waals surface area (Å²) < 4.78 is 14.7. The van der Waals surface area contributed by atoms with Gasteiger partial charge < -0.3 is 15.1 Å². The zero-order chi connectivity index (χ0) is 22.5. The van der Waals surface area contributed by atoms with Crippen LogP contribution in [0.1, 0.15) is 53.2 Å². The third kappa shape index (κ3) is 5.48. The minimum Gasteiger partial charge on any atom is -0.352 e. The zero-order valence-corrected chi connectivity index (χ0v) is 18.1. The van der Waals surface area contributed by atoms with Crippen molar-refractivity contribution in [3.63, 3.8) is 0 Å². The summed E-state index contributed by atoms with van der Waals surface area (Å²) in [4.78, 5) is 40.8. The Balaban J connectivity index is 1.70. The summed E-state index contributed by atoms with van der Waals surface area (Å²) in [7, 11) is 1.53. The lowest BCUT2D eigenvalue weighted by molar-refractivity contribution is -0.122. The second kappa shape index (κ2) is 9.72. The Kier molecular flexibility index (Phi) is 7.04. The van der Waals surface area contributed by atoms with Crippen LogP contribution < -0.4 is 5.32 Å². The molecule has 0 saturated carbocycles. The van der Waals surface area contributed by atoms with Gasteiger partial charge in [0.05, 0.1) is 6.54 Å². The largest absolute Gasteiger partial charge is 0.352 e. The van der Waals surface area contributed by atoms with E-state index in [9.17, 15) is 18.8 Å². The molecule has 0 bridgehead atoms. The first-order chi connectivity index (χ1) is 14.8. The number of nitrogens with one attached hydrogen (secondary N) is 1. The Morgan fingerprint density at radius 1 is 1.26 bits per heavy atom. The van der Waals surface area contributed by atoms with Gasteiger partial charge in [0.15, 0.2) is 5.69 Å². The number of carbonyl (C=O) groups is 3.